The minimum Gasteiger partial charge on any atom is -0.484 e. The van der Waals surface area contributed by atoms with E-state index in [1.165, 1.54) is 0 Å². The Labute approximate surface area is 136 Å². The van der Waals surface area contributed by atoms with Crippen molar-refractivity contribution in [2.45, 2.75) is 6.92 Å². The van der Waals surface area contributed by atoms with Gasteiger partial charge in [-0.2, -0.15) is 0 Å². The van der Waals surface area contributed by atoms with Crippen LogP contribution in [0.4, 0.5) is 0 Å². The zero-order valence-electron chi connectivity index (χ0n) is 13.4. The molecule has 0 radical (unpaired) electrons. The van der Waals surface area contributed by atoms with Crippen LogP contribution in [-0.2, 0) is 9.59 Å². The van der Waals surface area contributed by atoms with Gasteiger partial charge >= 0.3 is 0 Å². The van der Waals surface area contributed by atoms with Crippen molar-refractivity contribution in [2.75, 3.05) is 39.3 Å². The Balaban J connectivity index is 1.85. The number of carbonyl (C=O) groups is 2. The number of nitrogens with zero attached hydrogens (tertiary/aromatic N) is 2. The van der Waals surface area contributed by atoms with Crippen LogP contribution >= 0.6 is 0 Å². The number of likely N-dealkylation sites (N-methyl/N-ethyl adjacent to an activating group) is 1. The lowest BCUT2D eigenvalue weighted by atomic mass is 10.2. The van der Waals surface area contributed by atoms with Crippen molar-refractivity contribution in [1.82, 2.24) is 9.80 Å². The highest BCUT2D eigenvalue weighted by molar-refractivity contribution is 5.91. The molecule has 0 saturated carbocycles. The molecule has 2 N–H and O–H groups in total. The summed E-state index contributed by atoms with van der Waals surface area (Å²) >= 11 is 0. The third kappa shape index (κ3) is 5.41. The summed E-state index contributed by atoms with van der Waals surface area (Å²) in [6, 6.07) is 7.14. The van der Waals surface area contributed by atoms with Gasteiger partial charge in [0.05, 0.1) is 0 Å². The van der Waals surface area contributed by atoms with Crippen molar-refractivity contribution < 1.29 is 14.3 Å². The molecular weight excluding hydrogens is 294 g/mol. The second-order valence-corrected chi connectivity index (χ2v) is 5.42. The summed E-state index contributed by atoms with van der Waals surface area (Å²) in [5, 5.41) is 0. The van der Waals surface area contributed by atoms with Crippen molar-refractivity contribution in [3.05, 3.63) is 35.9 Å². The number of primary amides is 1. The smallest absolute Gasteiger partial charge is 0.255 e. The van der Waals surface area contributed by atoms with E-state index in [-0.39, 0.29) is 12.5 Å². The van der Waals surface area contributed by atoms with Gasteiger partial charge in [0.1, 0.15) is 5.75 Å². The first-order chi connectivity index (χ1) is 11.1. The largest absolute Gasteiger partial charge is 0.484 e. The van der Waals surface area contributed by atoms with Gasteiger partial charge in [-0.1, -0.05) is 19.1 Å². The van der Waals surface area contributed by atoms with Gasteiger partial charge in [-0.3, -0.25) is 9.59 Å². The minimum absolute atomic E-state index is 0.0369. The predicted octanol–water partition coefficient (Wildman–Crippen LogP) is 0.728. The van der Waals surface area contributed by atoms with Gasteiger partial charge in [0, 0.05) is 32.3 Å². The van der Waals surface area contributed by atoms with E-state index in [1.54, 1.807) is 24.3 Å². The average molecular weight is 317 g/mol. The molecule has 124 valence electrons. The molecule has 1 heterocycles. The third-order valence-electron chi connectivity index (χ3n) is 3.81. The van der Waals surface area contributed by atoms with Crippen molar-refractivity contribution >= 4 is 17.9 Å². The van der Waals surface area contributed by atoms with Crippen LogP contribution < -0.4 is 10.5 Å². The van der Waals surface area contributed by atoms with E-state index in [0.29, 0.717) is 5.75 Å². The van der Waals surface area contributed by atoms with Crippen molar-refractivity contribution in [3.8, 4) is 5.75 Å². The summed E-state index contributed by atoms with van der Waals surface area (Å²) in [5.41, 5.74) is 5.92. The SMILES string of the molecule is CCN1CCN(C(=O)/C=C/c2ccc(OCC(N)=O)cc2)CC1. The molecule has 0 atom stereocenters. The fourth-order valence-electron chi connectivity index (χ4n) is 2.39. The summed E-state index contributed by atoms with van der Waals surface area (Å²) in [4.78, 5) is 27.0. The van der Waals surface area contributed by atoms with Crippen LogP contribution in [-0.4, -0.2) is 60.9 Å². The zero-order valence-corrected chi connectivity index (χ0v) is 13.4. The van der Waals surface area contributed by atoms with Gasteiger partial charge in [-0.25, -0.2) is 0 Å². The van der Waals surface area contributed by atoms with E-state index >= 15 is 0 Å². The quantitative estimate of drug-likeness (QED) is 0.785. The lowest BCUT2D eigenvalue weighted by Crippen LogP contribution is -2.48. The molecule has 6 heteroatoms. The molecule has 6 nitrogen and oxygen atoms in total. The molecule has 23 heavy (non-hydrogen) atoms. The highest BCUT2D eigenvalue weighted by atomic mass is 16.5. The Kier molecular flexibility index (Phi) is 6.17. The first-order valence-electron chi connectivity index (χ1n) is 7.79. The maximum absolute atomic E-state index is 12.2. The molecule has 1 fully saturated rings. The molecule has 0 spiro atoms. The predicted molar refractivity (Wildman–Crippen MR) is 88.9 cm³/mol. The Morgan fingerprint density at radius 2 is 1.83 bits per heavy atom. The molecule has 0 bridgehead atoms. The molecular formula is C17H23N3O3. The van der Waals surface area contributed by atoms with E-state index in [9.17, 15) is 9.59 Å². The zero-order chi connectivity index (χ0) is 16.7. The number of ether oxygens (including phenoxy) is 1. The van der Waals surface area contributed by atoms with Crippen LogP contribution in [0.3, 0.4) is 0 Å². The van der Waals surface area contributed by atoms with Gasteiger partial charge in [-0.15, -0.1) is 0 Å². The number of hydrogen-bond acceptors (Lipinski definition) is 4. The van der Waals surface area contributed by atoms with Gasteiger partial charge in [-0.05, 0) is 30.3 Å². The van der Waals surface area contributed by atoms with E-state index < -0.39 is 5.91 Å². The molecule has 0 aromatic heterocycles. The Morgan fingerprint density at radius 3 is 2.39 bits per heavy atom. The highest BCUT2D eigenvalue weighted by Crippen LogP contribution is 2.13. The summed E-state index contributed by atoms with van der Waals surface area (Å²) in [6.07, 6.45) is 3.38. The first kappa shape index (κ1) is 17.0. The average Bonchev–Trinajstić information content (AvgIpc) is 2.58. The van der Waals surface area contributed by atoms with Crippen molar-refractivity contribution in [3.63, 3.8) is 0 Å². The van der Waals surface area contributed by atoms with Gasteiger partial charge in [0.25, 0.3) is 5.91 Å². The number of benzene rings is 1. The molecule has 1 aromatic rings. The van der Waals surface area contributed by atoms with E-state index in [2.05, 4.69) is 11.8 Å². The standard InChI is InChI=1S/C17H23N3O3/c1-2-19-9-11-20(12-10-19)17(22)8-5-14-3-6-15(7-4-14)23-13-16(18)21/h3-8H,2,9-13H2,1H3,(H2,18,21)/b8-5+. The molecule has 0 unspecified atom stereocenters. The summed E-state index contributed by atoms with van der Waals surface area (Å²) in [7, 11) is 0. The van der Waals surface area contributed by atoms with Crippen LogP contribution in [0.25, 0.3) is 6.08 Å². The highest BCUT2D eigenvalue weighted by Gasteiger charge is 2.17. The number of piperazine rings is 1. The fourth-order valence-corrected chi connectivity index (χ4v) is 2.39. The minimum atomic E-state index is -0.511. The topological polar surface area (TPSA) is 75.9 Å². The van der Waals surface area contributed by atoms with Crippen LogP contribution in [0.1, 0.15) is 12.5 Å². The maximum Gasteiger partial charge on any atom is 0.255 e. The number of rotatable bonds is 6. The first-order valence-corrected chi connectivity index (χ1v) is 7.79. The summed E-state index contributed by atoms with van der Waals surface area (Å²) < 4.78 is 5.19. The number of carbonyl (C=O) groups excluding carboxylic acids is 2. The lowest BCUT2D eigenvalue weighted by Gasteiger charge is -2.33. The summed E-state index contributed by atoms with van der Waals surface area (Å²) in [5.74, 6) is 0.0977. The van der Waals surface area contributed by atoms with Crippen LogP contribution in [0.15, 0.2) is 30.3 Å². The van der Waals surface area contributed by atoms with E-state index in [0.717, 1.165) is 38.3 Å². The van der Waals surface area contributed by atoms with E-state index in [4.69, 9.17) is 10.5 Å². The Hall–Kier alpha value is -2.34. The molecule has 2 amide bonds. The normalized spacial score (nSPS) is 15.8. The van der Waals surface area contributed by atoms with Crippen molar-refractivity contribution in [1.29, 1.82) is 0 Å². The Bertz CT molecular complexity index is 561. The van der Waals surface area contributed by atoms with Crippen molar-refractivity contribution in [2.24, 2.45) is 5.73 Å². The fraction of sp³-hybridized carbons (Fsp3) is 0.412. The van der Waals surface area contributed by atoms with Crippen LogP contribution in [0.5, 0.6) is 5.75 Å². The number of amides is 2. The number of nitrogens with two attached hydrogens (primary N) is 1. The number of hydrogen-bond donors (Lipinski definition) is 1. The summed E-state index contributed by atoms with van der Waals surface area (Å²) in [6.45, 7) is 6.44. The molecule has 2 rings (SSSR count). The molecule has 0 aliphatic carbocycles. The lowest BCUT2D eigenvalue weighted by molar-refractivity contribution is -0.127. The Morgan fingerprint density at radius 1 is 1.17 bits per heavy atom. The molecule has 1 saturated heterocycles. The van der Waals surface area contributed by atoms with Crippen LogP contribution in [0, 0.1) is 0 Å². The molecule has 1 aliphatic rings. The van der Waals surface area contributed by atoms with E-state index in [1.807, 2.05) is 17.0 Å². The third-order valence-corrected chi connectivity index (χ3v) is 3.81. The molecule has 1 aromatic carbocycles. The second kappa shape index (κ2) is 8.33. The maximum atomic E-state index is 12.2. The second-order valence-electron chi connectivity index (χ2n) is 5.42. The molecule has 1 aliphatic heterocycles. The van der Waals surface area contributed by atoms with Gasteiger partial charge in [0.2, 0.25) is 5.91 Å². The van der Waals surface area contributed by atoms with Gasteiger partial charge < -0.3 is 20.3 Å². The monoisotopic (exact) mass is 317 g/mol. The van der Waals surface area contributed by atoms with Crippen LogP contribution in [0.2, 0.25) is 0 Å². The van der Waals surface area contributed by atoms with Gasteiger partial charge in [0.15, 0.2) is 6.61 Å².